The zero-order valence-corrected chi connectivity index (χ0v) is 23.8. The molecule has 0 bridgehead atoms. The molecule has 0 saturated heterocycles. The zero-order valence-electron chi connectivity index (χ0n) is 22.2. The predicted octanol–water partition coefficient (Wildman–Crippen LogP) is 5.03. The van der Waals surface area contributed by atoms with Gasteiger partial charge in [-0.25, -0.2) is 4.79 Å². The van der Waals surface area contributed by atoms with Crippen LogP contribution in [-0.4, -0.2) is 53.4 Å². The molecule has 0 radical (unpaired) electrons. The Kier molecular flexibility index (Phi) is 8.79. The van der Waals surface area contributed by atoms with Crippen LogP contribution in [0, 0.1) is 0 Å². The van der Waals surface area contributed by atoms with Crippen molar-refractivity contribution in [3.63, 3.8) is 0 Å². The molecule has 2 aliphatic rings. The average Bonchev–Trinajstić information content (AvgIpc) is 2.91. The van der Waals surface area contributed by atoms with Gasteiger partial charge in [0.25, 0.3) is 0 Å². The first kappa shape index (κ1) is 27.7. The van der Waals surface area contributed by atoms with Crippen LogP contribution < -0.4 is 19.5 Å². The third kappa shape index (κ3) is 5.44. The second kappa shape index (κ2) is 12.0. The predicted molar refractivity (Wildman–Crippen MR) is 146 cm³/mol. The number of ketones is 1. The van der Waals surface area contributed by atoms with E-state index in [-0.39, 0.29) is 31.3 Å². The normalized spacial score (nSPS) is 19.1. The van der Waals surface area contributed by atoms with Gasteiger partial charge in [0.2, 0.25) is 0 Å². The van der Waals surface area contributed by atoms with E-state index in [1.165, 1.54) is 0 Å². The Morgan fingerprint density at radius 1 is 0.947 bits per heavy atom. The van der Waals surface area contributed by atoms with E-state index < -0.39 is 11.9 Å². The molecule has 2 aromatic carbocycles. The molecule has 2 atom stereocenters. The summed E-state index contributed by atoms with van der Waals surface area (Å²) in [6.07, 6.45) is 0.876. The minimum Gasteiger partial charge on any atom is -0.496 e. The lowest BCUT2D eigenvalue weighted by Crippen LogP contribution is -2.36. The molecule has 2 aromatic rings. The summed E-state index contributed by atoms with van der Waals surface area (Å²) in [5.41, 5.74) is 4.06. The summed E-state index contributed by atoms with van der Waals surface area (Å²) in [6, 6.07) is 11.3. The fourth-order valence-corrected chi connectivity index (χ4v) is 5.57. The summed E-state index contributed by atoms with van der Waals surface area (Å²) < 4.78 is 27.9. The Balaban J connectivity index is 1.79. The molecule has 0 saturated carbocycles. The van der Waals surface area contributed by atoms with E-state index in [9.17, 15) is 9.59 Å². The van der Waals surface area contributed by atoms with E-state index in [0.29, 0.717) is 46.1 Å². The molecule has 0 unspecified atom stereocenters. The van der Waals surface area contributed by atoms with Gasteiger partial charge < -0.3 is 29.0 Å². The highest BCUT2D eigenvalue weighted by atomic mass is 79.9. The molecule has 1 heterocycles. The van der Waals surface area contributed by atoms with Gasteiger partial charge in [-0.05, 0) is 55.2 Å². The molecule has 4 rings (SSSR count). The number of benzene rings is 2. The number of rotatable bonds is 9. The van der Waals surface area contributed by atoms with Crippen LogP contribution >= 0.6 is 15.9 Å². The SMILES string of the molecule is COCCOC(=O)C1=C(C)NC2=C(C(=O)C[C@@H](c3ccc(OC)c(OC)c3)C2)[C@H]1c1cc(Br)ccc1OC. The van der Waals surface area contributed by atoms with Crippen molar-refractivity contribution in [3.8, 4) is 17.2 Å². The van der Waals surface area contributed by atoms with Crippen LogP contribution in [0.25, 0.3) is 0 Å². The number of Topliss-reactive ketones (excluding diaryl/α,β-unsaturated/α-hetero) is 1. The van der Waals surface area contributed by atoms with Crippen molar-refractivity contribution in [2.24, 2.45) is 0 Å². The molecule has 8 nitrogen and oxygen atoms in total. The standard InChI is InChI=1S/C29H32BrNO7/c1-16-26(29(33)38-11-10-34-2)27(20-15-19(30)7-9-23(20)35-3)28-21(31-16)12-18(13-22(28)32)17-6-8-24(36-4)25(14-17)37-5/h6-9,14-15,18,27,31H,10-13H2,1-5H3/t18-,27-/m0/s1. The number of esters is 1. The number of carbonyl (C=O) groups excluding carboxylic acids is 2. The molecule has 1 aliphatic carbocycles. The van der Waals surface area contributed by atoms with E-state index in [1.54, 1.807) is 28.4 Å². The maximum Gasteiger partial charge on any atom is 0.336 e. The van der Waals surface area contributed by atoms with E-state index in [4.69, 9.17) is 23.7 Å². The lowest BCUT2D eigenvalue weighted by atomic mass is 9.71. The number of allylic oxidation sites excluding steroid dienone is 3. The molecule has 0 spiro atoms. The molecular weight excluding hydrogens is 554 g/mol. The number of halogens is 1. The van der Waals surface area contributed by atoms with Gasteiger partial charge in [0.15, 0.2) is 17.3 Å². The molecule has 9 heteroatoms. The van der Waals surface area contributed by atoms with Crippen LogP contribution in [0.15, 0.2) is 63.4 Å². The van der Waals surface area contributed by atoms with Crippen molar-refractivity contribution in [3.05, 3.63) is 74.5 Å². The Morgan fingerprint density at radius 2 is 1.66 bits per heavy atom. The number of nitrogens with one attached hydrogen (secondary N) is 1. The second-order valence-corrected chi connectivity index (χ2v) is 10.1. The Morgan fingerprint density at radius 3 is 2.34 bits per heavy atom. The van der Waals surface area contributed by atoms with Gasteiger partial charge in [-0.15, -0.1) is 0 Å². The lowest BCUT2D eigenvalue weighted by Gasteiger charge is -2.37. The molecule has 1 aliphatic heterocycles. The minimum absolute atomic E-state index is 0.0414. The third-order valence-corrected chi connectivity index (χ3v) is 7.44. The Labute approximate surface area is 231 Å². The van der Waals surface area contributed by atoms with Crippen LogP contribution in [0.5, 0.6) is 17.2 Å². The summed E-state index contributed by atoms with van der Waals surface area (Å²) in [7, 11) is 6.30. The highest BCUT2D eigenvalue weighted by Crippen LogP contribution is 2.48. The van der Waals surface area contributed by atoms with E-state index in [2.05, 4.69) is 21.2 Å². The van der Waals surface area contributed by atoms with Gasteiger partial charge in [0.05, 0.1) is 39.4 Å². The molecule has 0 aromatic heterocycles. The average molecular weight is 586 g/mol. The smallest absolute Gasteiger partial charge is 0.336 e. The first-order valence-corrected chi connectivity index (χ1v) is 13.1. The van der Waals surface area contributed by atoms with Crippen LogP contribution in [0.3, 0.4) is 0 Å². The number of carbonyl (C=O) groups is 2. The molecule has 1 N–H and O–H groups in total. The van der Waals surface area contributed by atoms with Gasteiger partial charge in [-0.1, -0.05) is 22.0 Å². The third-order valence-electron chi connectivity index (χ3n) is 6.95. The number of methoxy groups -OCH3 is 4. The maximum absolute atomic E-state index is 13.9. The van der Waals surface area contributed by atoms with Crippen molar-refractivity contribution in [2.75, 3.05) is 41.7 Å². The van der Waals surface area contributed by atoms with Crippen molar-refractivity contribution < 1.29 is 33.3 Å². The van der Waals surface area contributed by atoms with Gasteiger partial charge >= 0.3 is 5.97 Å². The highest BCUT2D eigenvalue weighted by Gasteiger charge is 2.42. The van der Waals surface area contributed by atoms with Gasteiger partial charge in [0.1, 0.15) is 12.4 Å². The monoisotopic (exact) mass is 585 g/mol. The molecule has 202 valence electrons. The number of ether oxygens (including phenoxy) is 5. The largest absolute Gasteiger partial charge is 0.496 e. The fourth-order valence-electron chi connectivity index (χ4n) is 5.19. The molecule has 0 fully saturated rings. The Hall–Kier alpha value is -3.30. The maximum atomic E-state index is 13.9. The second-order valence-electron chi connectivity index (χ2n) is 9.15. The quantitative estimate of drug-likeness (QED) is 0.324. The van der Waals surface area contributed by atoms with Crippen LogP contribution in [0.4, 0.5) is 0 Å². The first-order valence-electron chi connectivity index (χ1n) is 12.3. The van der Waals surface area contributed by atoms with Crippen molar-refractivity contribution in [1.82, 2.24) is 5.32 Å². The van der Waals surface area contributed by atoms with Crippen LogP contribution in [0.2, 0.25) is 0 Å². The van der Waals surface area contributed by atoms with Gasteiger partial charge in [-0.2, -0.15) is 0 Å². The summed E-state index contributed by atoms with van der Waals surface area (Å²) in [4.78, 5) is 27.3. The zero-order chi connectivity index (χ0) is 27.4. The van der Waals surface area contributed by atoms with Crippen LogP contribution in [0.1, 0.15) is 42.7 Å². The lowest BCUT2D eigenvalue weighted by molar-refractivity contribution is -0.140. The number of dihydropyridines is 1. The molecule has 38 heavy (non-hydrogen) atoms. The summed E-state index contributed by atoms with van der Waals surface area (Å²) in [6.45, 7) is 2.21. The van der Waals surface area contributed by atoms with Crippen molar-refractivity contribution >= 4 is 27.7 Å². The van der Waals surface area contributed by atoms with E-state index in [0.717, 1.165) is 15.7 Å². The molecule has 0 amide bonds. The minimum atomic E-state index is -0.646. The highest BCUT2D eigenvalue weighted by molar-refractivity contribution is 9.10. The summed E-state index contributed by atoms with van der Waals surface area (Å²) in [5.74, 6) is 0.570. The summed E-state index contributed by atoms with van der Waals surface area (Å²) in [5, 5.41) is 3.37. The van der Waals surface area contributed by atoms with Crippen molar-refractivity contribution in [2.45, 2.75) is 31.6 Å². The van der Waals surface area contributed by atoms with Crippen molar-refractivity contribution in [1.29, 1.82) is 0 Å². The first-order chi connectivity index (χ1) is 18.3. The van der Waals surface area contributed by atoms with Crippen LogP contribution in [-0.2, 0) is 19.1 Å². The Bertz CT molecular complexity index is 1300. The van der Waals surface area contributed by atoms with E-state index >= 15 is 0 Å². The van der Waals surface area contributed by atoms with Gasteiger partial charge in [0, 0.05) is 40.5 Å². The fraction of sp³-hybridized carbons (Fsp3) is 0.379. The summed E-state index contributed by atoms with van der Waals surface area (Å²) >= 11 is 3.54. The molecular formula is C29H32BrNO7. The topological polar surface area (TPSA) is 92.3 Å². The number of hydrogen-bond acceptors (Lipinski definition) is 8. The van der Waals surface area contributed by atoms with Gasteiger partial charge in [-0.3, -0.25) is 4.79 Å². The number of hydrogen-bond donors (Lipinski definition) is 1. The van der Waals surface area contributed by atoms with E-state index in [1.807, 2.05) is 43.3 Å².